The predicted octanol–water partition coefficient (Wildman–Crippen LogP) is 2.16. The van der Waals surface area contributed by atoms with E-state index in [9.17, 15) is 9.59 Å². The van der Waals surface area contributed by atoms with Gasteiger partial charge in [-0.1, -0.05) is 19.8 Å². The minimum absolute atomic E-state index is 0.161. The summed E-state index contributed by atoms with van der Waals surface area (Å²) in [6.45, 7) is 9.95. The highest BCUT2D eigenvalue weighted by Crippen LogP contribution is 2.00. The molecule has 0 saturated carbocycles. The van der Waals surface area contributed by atoms with E-state index < -0.39 is 0 Å². The van der Waals surface area contributed by atoms with Gasteiger partial charge in [-0.3, -0.25) is 9.59 Å². The van der Waals surface area contributed by atoms with Crippen LogP contribution in [0.3, 0.4) is 0 Å². The van der Waals surface area contributed by atoms with Crippen LogP contribution < -0.4 is 0 Å². The molecule has 0 spiro atoms. The van der Waals surface area contributed by atoms with Crippen LogP contribution in [0.15, 0.2) is 0 Å². The van der Waals surface area contributed by atoms with Crippen molar-refractivity contribution in [1.29, 1.82) is 0 Å². The molecule has 0 saturated heterocycles. The number of carbonyl (C=O) groups excluding carboxylic acids is 2. The molecule has 0 aliphatic carbocycles. The Morgan fingerprint density at radius 3 is 1.27 bits per heavy atom. The summed E-state index contributed by atoms with van der Waals surface area (Å²) >= 11 is 0. The van der Waals surface area contributed by atoms with Crippen LogP contribution in [0.1, 0.15) is 46.0 Å². The molecule has 0 aromatic rings. The van der Waals surface area contributed by atoms with Gasteiger partial charge in [0.1, 0.15) is 6.61 Å². The van der Waals surface area contributed by atoms with Gasteiger partial charge in [-0.05, 0) is 13.3 Å². The summed E-state index contributed by atoms with van der Waals surface area (Å²) in [5.74, 6) is -0.412. The van der Waals surface area contributed by atoms with Gasteiger partial charge in [0.2, 0.25) is 0 Å². The van der Waals surface area contributed by atoms with E-state index in [0.29, 0.717) is 92.3 Å². The normalized spacial score (nSPS) is 11.0. The molecular weight excluding hydrogens is 436 g/mol. The van der Waals surface area contributed by atoms with E-state index in [1.807, 2.05) is 0 Å². The molecule has 0 aliphatic rings. The zero-order valence-electron chi connectivity index (χ0n) is 20.5. The van der Waals surface area contributed by atoms with Crippen LogP contribution in [-0.4, -0.2) is 104 Å². The van der Waals surface area contributed by atoms with Gasteiger partial charge >= 0.3 is 11.9 Å². The van der Waals surface area contributed by atoms with E-state index in [4.69, 9.17) is 37.9 Å². The molecule has 0 heterocycles. The fraction of sp³-hybridized carbons (Fsp3) is 0.913. The number of hydrogen-bond acceptors (Lipinski definition) is 10. The molecule has 10 nitrogen and oxygen atoms in total. The minimum atomic E-state index is -0.251. The predicted molar refractivity (Wildman–Crippen MR) is 121 cm³/mol. The van der Waals surface area contributed by atoms with Crippen LogP contribution in [0, 0.1) is 0 Å². The average Bonchev–Trinajstić information content (AvgIpc) is 2.80. The van der Waals surface area contributed by atoms with Gasteiger partial charge in [0.05, 0.1) is 92.3 Å². The van der Waals surface area contributed by atoms with Crippen molar-refractivity contribution < 1.29 is 47.5 Å². The number of hydrogen-bond donors (Lipinski definition) is 0. The highest BCUT2D eigenvalue weighted by Gasteiger charge is 2.02. The third kappa shape index (κ3) is 26.8. The minimum Gasteiger partial charge on any atom is -0.466 e. The number of rotatable bonds is 26. The van der Waals surface area contributed by atoms with Gasteiger partial charge in [0, 0.05) is 6.42 Å². The smallest absolute Gasteiger partial charge is 0.308 e. The number of esters is 2. The quantitative estimate of drug-likeness (QED) is 0.135. The molecule has 0 bridgehead atoms. The molecule has 0 aromatic carbocycles. The summed E-state index contributed by atoms with van der Waals surface area (Å²) in [6.07, 6.45) is 3.75. The second kappa shape index (κ2) is 26.9. The van der Waals surface area contributed by atoms with Crippen molar-refractivity contribution in [3.05, 3.63) is 0 Å². The van der Waals surface area contributed by atoms with Crippen molar-refractivity contribution in [3.8, 4) is 0 Å². The molecule has 0 rings (SSSR count). The largest absolute Gasteiger partial charge is 0.466 e. The monoisotopic (exact) mass is 480 g/mol. The van der Waals surface area contributed by atoms with Crippen LogP contribution in [0.2, 0.25) is 0 Å². The Balaban J connectivity index is 3.10. The van der Waals surface area contributed by atoms with Gasteiger partial charge in [-0.25, -0.2) is 0 Å². The fourth-order valence-corrected chi connectivity index (χ4v) is 2.40. The molecule has 10 heteroatoms. The Kier molecular flexibility index (Phi) is 25.9. The second-order valence-electron chi connectivity index (χ2n) is 6.91. The molecular formula is C23H44O10. The highest BCUT2D eigenvalue weighted by molar-refractivity contribution is 5.69. The van der Waals surface area contributed by atoms with Gasteiger partial charge in [0.25, 0.3) is 0 Å². The first-order chi connectivity index (χ1) is 16.2. The van der Waals surface area contributed by atoms with Crippen LogP contribution >= 0.6 is 0 Å². The maximum Gasteiger partial charge on any atom is 0.308 e. The first-order valence-electron chi connectivity index (χ1n) is 12.0. The Morgan fingerprint density at radius 1 is 0.455 bits per heavy atom. The zero-order chi connectivity index (χ0) is 24.2. The van der Waals surface area contributed by atoms with Crippen molar-refractivity contribution >= 4 is 11.9 Å². The summed E-state index contributed by atoms with van der Waals surface area (Å²) in [4.78, 5) is 22.5. The summed E-state index contributed by atoms with van der Waals surface area (Å²) in [5.41, 5.74) is 0. The molecule has 0 aliphatic heterocycles. The lowest BCUT2D eigenvalue weighted by Gasteiger charge is -2.08. The first kappa shape index (κ1) is 31.7. The van der Waals surface area contributed by atoms with E-state index in [-0.39, 0.29) is 25.0 Å². The third-order valence-corrected chi connectivity index (χ3v) is 4.09. The molecule has 33 heavy (non-hydrogen) atoms. The van der Waals surface area contributed by atoms with Crippen molar-refractivity contribution in [2.75, 3.05) is 92.5 Å². The fourth-order valence-electron chi connectivity index (χ4n) is 2.40. The molecule has 0 aromatic heterocycles. The van der Waals surface area contributed by atoms with E-state index in [1.54, 1.807) is 6.92 Å². The Labute approximate surface area is 198 Å². The summed E-state index contributed by atoms with van der Waals surface area (Å²) in [5, 5.41) is 0. The Bertz CT molecular complexity index is 433. The SMILES string of the molecule is CCCCCC(=O)OCCOCCOCCOCCOCCOCCOCCC(=O)OCC. The van der Waals surface area contributed by atoms with Crippen LogP contribution in [0.25, 0.3) is 0 Å². The first-order valence-corrected chi connectivity index (χ1v) is 12.0. The topological polar surface area (TPSA) is 108 Å². The van der Waals surface area contributed by atoms with Crippen molar-refractivity contribution in [1.82, 2.24) is 0 Å². The van der Waals surface area contributed by atoms with Gasteiger partial charge < -0.3 is 37.9 Å². The third-order valence-electron chi connectivity index (χ3n) is 4.09. The van der Waals surface area contributed by atoms with E-state index in [2.05, 4.69) is 6.92 Å². The second-order valence-corrected chi connectivity index (χ2v) is 6.91. The Hall–Kier alpha value is -1.30. The van der Waals surface area contributed by atoms with Crippen LogP contribution in [0.5, 0.6) is 0 Å². The lowest BCUT2D eigenvalue weighted by atomic mass is 10.2. The summed E-state index contributed by atoms with van der Waals surface area (Å²) < 4.78 is 42.1. The van der Waals surface area contributed by atoms with Gasteiger partial charge in [-0.15, -0.1) is 0 Å². The number of unbranched alkanes of at least 4 members (excludes halogenated alkanes) is 2. The van der Waals surface area contributed by atoms with Gasteiger partial charge in [0.15, 0.2) is 0 Å². The van der Waals surface area contributed by atoms with Crippen LogP contribution in [0.4, 0.5) is 0 Å². The molecule has 196 valence electrons. The van der Waals surface area contributed by atoms with E-state index >= 15 is 0 Å². The van der Waals surface area contributed by atoms with Crippen molar-refractivity contribution in [3.63, 3.8) is 0 Å². The van der Waals surface area contributed by atoms with Crippen LogP contribution in [-0.2, 0) is 47.5 Å². The molecule has 0 fully saturated rings. The highest BCUT2D eigenvalue weighted by atomic mass is 16.6. The number of carbonyl (C=O) groups is 2. The maximum absolute atomic E-state index is 11.4. The van der Waals surface area contributed by atoms with Crippen molar-refractivity contribution in [2.45, 2.75) is 46.0 Å². The molecule has 0 atom stereocenters. The van der Waals surface area contributed by atoms with Gasteiger partial charge in [-0.2, -0.15) is 0 Å². The number of ether oxygens (including phenoxy) is 8. The lowest BCUT2D eigenvalue weighted by molar-refractivity contribution is -0.146. The lowest BCUT2D eigenvalue weighted by Crippen LogP contribution is -2.15. The van der Waals surface area contributed by atoms with E-state index in [1.165, 1.54) is 0 Å². The maximum atomic E-state index is 11.4. The Morgan fingerprint density at radius 2 is 0.848 bits per heavy atom. The molecule has 0 amide bonds. The zero-order valence-corrected chi connectivity index (χ0v) is 20.5. The molecule has 0 unspecified atom stereocenters. The molecule has 0 radical (unpaired) electrons. The molecule has 0 N–H and O–H groups in total. The summed E-state index contributed by atoms with van der Waals surface area (Å²) in [6, 6.07) is 0. The van der Waals surface area contributed by atoms with E-state index in [0.717, 1.165) is 19.3 Å². The summed E-state index contributed by atoms with van der Waals surface area (Å²) in [7, 11) is 0. The van der Waals surface area contributed by atoms with Crippen molar-refractivity contribution in [2.24, 2.45) is 0 Å². The average molecular weight is 481 g/mol. The standard InChI is InChI=1S/C23H44O10/c1-3-5-6-7-22(24)33-21-20-31-19-18-30-17-16-29-15-14-28-13-12-27-11-10-26-9-8-23(25)32-4-2/h3-21H2,1-2H3.